The van der Waals surface area contributed by atoms with Crippen molar-refractivity contribution in [3.05, 3.63) is 152 Å². The van der Waals surface area contributed by atoms with E-state index in [4.69, 9.17) is 19.4 Å². The summed E-state index contributed by atoms with van der Waals surface area (Å²) in [5, 5.41) is 7.06. The van der Waals surface area contributed by atoms with Gasteiger partial charge in [-0.25, -0.2) is 15.0 Å². The van der Waals surface area contributed by atoms with Crippen LogP contribution in [0.1, 0.15) is 0 Å². The average Bonchev–Trinajstić information content (AvgIpc) is 3.50. The van der Waals surface area contributed by atoms with Crippen molar-refractivity contribution >= 4 is 43.5 Å². The maximum atomic E-state index is 6.40. The summed E-state index contributed by atoms with van der Waals surface area (Å²) < 4.78 is 6.40. The summed E-state index contributed by atoms with van der Waals surface area (Å²) in [6.45, 7) is 0. The van der Waals surface area contributed by atoms with Crippen LogP contribution in [0.3, 0.4) is 0 Å². The molecule has 0 unspecified atom stereocenters. The predicted molar refractivity (Wildman–Crippen MR) is 184 cm³/mol. The van der Waals surface area contributed by atoms with E-state index in [-0.39, 0.29) is 0 Å². The van der Waals surface area contributed by atoms with Gasteiger partial charge in [0.2, 0.25) is 0 Å². The van der Waals surface area contributed by atoms with Gasteiger partial charge in [0.05, 0.1) is 0 Å². The minimum absolute atomic E-state index is 0.619. The van der Waals surface area contributed by atoms with Crippen molar-refractivity contribution < 1.29 is 4.42 Å². The van der Waals surface area contributed by atoms with Crippen LogP contribution in [-0.4, -0.2) is 15.0 Å². The fraction of sp³-hybridized carbons (Fsp3) is 0. The predicted octanol–water partition coefficient (Wildman–Crippen LogP) is 10.7. The zero-order chi connectivity index (χ0) is 29.7. The molecule has 0 amide bonds. The van der Waals surface area contributed by atoms with Gasteiger partial charge in [-0.15, -0.1) is 0 Å². The molecule has 0 radical (unpaired) electrons. The number of nitrogens with zero attached hydrogens (tertiary/aromatic N) is 3. The van der Waals surface area contributed by atoms with E-state index >= 15 is 0 Å². The summed E-state index contributed by atoms with van der Waals surface area (Å²) in [7, 11) is 0. The van der Waals surface area contributed by atoms with Gasteiger partial charge in [-0.2, -0.15) is 0 Å². The van der Waals surface area contributed by atoms with Crippen molar-refractivity contribution in [2.75, 3.05) is 0 Å². The van der Waals surface area contributed by atoms with Gasteiger partial charge in [0.25, 0.3) is 0 Å². The Labute approximate surface area is 259 Å². The zero-order valence-corrected chi connectivity index (χ0v) is 24.2. The van der Waals surface area contributed by atoms with Gasteiger partial charge in [-0.1, -0.05) is 121 Å². The molecule has 0 bridgehead atoms. The Morgan fingerprint density at radius 1 is 0.356 bits per heavy atom. The van der Waals surface area contributed by atoms with Gasteiger partial charge in [0.1, 0.15) is 11.2 Å². The van der Waals surface area contributed by atoms with Gasteiger partial charge < -0.3 is 4.42 Å². The summed E-state index contributed by atoms with van der Waals surface area (Å²) in [6, 6.07) is 52.3. The second-order valence-corrected chi connectivity index (χ2v) is 11.3. The third kappa shape index (κ3) is 4.35. The highest BCUT2D eigenvalue weighted by atomic mass is 16.3. The lowest BCUT2D eigenvalue weighted by atomic mass is 9.94. The molecule has 7 aromatic carbocycles. The third-order valence-electron chi connectivity index (χ3n) is 8.51. The van der Waals surface area contributed by atoms with Gasteiger partial charge in [-0.3, -0.25) is 0 Å². The number of hydrogen-bond acceptors (Lipinski definition) is 4. The van der Waals surface area contributed by atoms with Crippen LogP contribution in [0.15, 0.2) is 156 Å². The standard InChI is InChI=1S/C41H25N3O/c1-3-11-28(12-4-1)39-42-40(29-13-5-2-6-14-29)44-41(43-39)31-22-23-36-35(25-31)38-33(16-9-17-37(38)45-36)30-21-20-27-19-18-26-10-7-8-15-32(26)34(27)24-30/h1-25H. The summed E-state index contributed by atoms with van der Waals surface area (Å²) in [4.78, 5) is 14.8. The molecule has 0 saturated carbocycles. The molecular formula is C41H25N3O. The molecule has 0 aliphatic rings. The Morgan fingerprint density at radius 3 is 1.67 bits per heavy atom. The summed E-state index contributed by atoms with van der Waals surface area (Å²) >= 11 is 0. The van der Waals surface area contributed by atoms with Crippen molar-refractivity contribution in [2.45, 2.75) is 0 Å². The van der Waals surface area contributed by atoms with Gasteiger partial charge >= 0.3 is 0 Å². The number of benzene rings is 7. The molecular weight excluding hydrogens is 550 g/mol. The maximum Gasteiger partial charge on any atom is 0.164 e. The van der Waals surface area contributed by atoms with Crippen molar-refractivity contribution in [2.24, 2.45) is 0 Å². The van der Waals surface area contributed by atoms with Gasteiger partial charge in [0.15, 0.2) is 17.5 Å². The number of fused-ring (bicyclic) bond motifs is 6. The van der Waals surface area contributed by atoms with Gasteiger partial charge in [-0.05, 0) is 63.0 Å². The Balaban J connectivity index is 1.25. The summed E-state index contributed by atoms with van der Waals surface area (Å²) in [6.07, 6.45) is 0. The van der Waals surface area contributed by atoms with E-state index < -0.39 is 0 Å². The molecule has 0 N–H and O–H groups in total. The Kier molecular flexibility index (Phi) is 5.78. The molecule has 0 aliphatic heterocycles. The molecule has 45 heavy (non-hydrogen) atoms. The van der Waals surface area contributed by atoms with Crippen LogP contribution in [0, 0.1) is 0 Å². The minimum atomic E-state index is 0.619. The van der Waals surface area contributed by atoms with E-state index in [2.05, 4.69) is 72.8 Å². The van der Waals surface area contributed by atoms with E-state index in [1.807, 2.05) is 78.9 Å². The largest absolute Gasteiger partial charge is 0.456 e. The van der Waals surface area contributed by atoms with Crippen LogP contribution in [0.5, 0.6) is 0 Å². The number of rotatable bonds is 4. The van der Waals surface area contributed by atoms with Gasteiger partial charge in [0, 0.05) is 27.5 Å². The normalized spacial score (nSPS) is 11.6. The molecule has 4 nitrogen and oxygen atoms in total. The van der Waals surface area contributed by atoms with Crippen molar-refractivity contribution in [1.82, 2.24) is 15.0 Å². The molecule has 0 atom stereocenters. The van der Waals surface area contributed by atoms with Crippen LogP contribution >= 0.6 is 0 Å². The van der Waals surface area contributed by atoms with Crippen LogP contribution in [-0.2, 0) is 0 Å². The Morgan fingerprint density at radius 2 is 0.933 bits per heavy atom. The lowest BCUT2D eigenvalue weighted by molar-refractivity contribution is 0.669. The first-order valence-electron chi connectivity index (χ1n) is 15.0. The quantitative estimate of drug-likeness (QED) is 0.196. The van der Waals surface area contributed by atoms with Crippen LogP contribution in [0.2, 0.25) is 0 Å². The van der Waals surface area contributed by atoms with E-state index in [0.717, 1.165) is 49.8 Å². The molecule has 0 spiro atoms. The lowest BCUT2D eigenvalue weighted by Gasteiger charge is -2.09. The van der Waals surface area contributed by atoms with Crippen molar-refractivity contribution in [1.29, 1.82) is 0 Å². The smallest absolute Gasteiger partial charge is 0.164 e. The molecule has 4 heteroatoms. The molecule has 0 aliphatic carbocycles. The minimum Gasteiger partial charge on any atom is -0.456 e. The molecule has 210 valence electrons. The molecule has 9 aromatic rings. The molecule has 0 saturated heterocycles. The van der Waals surface area contributed by atoms with Crippen LogP contribution in [0.25, 0.3) is 88.8 Å². The lowest BCUT2D eigenvalue weighted by Crippen LogP contribution is -2.00. The highest BCUT2D eigenvalue weighted by Crippen LogP contribution is 2.40. The van der Waals surface area contributed by atoms with Crippen molar-refractivity contribution in [3.8, 4) is 45.3 Å². The molecule has 9 rings (SSSR count). The summed E-state index contributed by atoms with van der Waals surface area (Å²) in [5.41, 5.74) is 6.75. The number of furan rings is 1. The second-order valence-electron chi connectivity index (χ2n) is 11.3. The average molecular weight is 576 g/mol. The van der Waals surface area contributed by atoms with Crippen molar-refractivity contribution in [3.63, 3.8) is 0 Å². The molecule has 2 heterocycles. The van der Waals surface area contributed by atoms with Crippen LogP contribution in [0.4, 0.5) is 0 Å². The molecule has 2 aromatic heterocycles. The maximum absolute atomic E-state index is 6.40. The van der Waals surface area contributed by atoms with E-state index in [1.165, 1.54) is 21.5 Å². The summed E-state index contributed by atoms with van der Waals surface area (Å²) in [5.74, 6) is 1.90. The van der Waals surface area contributed by atoms with Crippen LogP contribution < -0.4 is 0 Å². The highest BCUT2D eigenvalue weighted by molar-refractivity contribution is 6.15. The highest BCUT2D eigenvalue weighted by Gasteiger charge is 2.17. The second kappa shape index (κ2) is 10.2. The monoisotopic (exact) mass is 575 g/mol. The zero-order valence-electron chi connectivity index (χ0n) is 24.2. The molecule has 0 fully saturated rings. The fourth-order valence-electron chi connectivity index (χ4n) is 6.31. The first kappa shape index (κ1) is 25.4. The third-order valence-corrected chi connectivity index (χ3v) is 8.51. The fourth-order valence-corrected chi connectivity index (χ4v) is 6.31. The first-order valence-corrected chi connectivity index (χ1v) is 15.0. The number of hydrogen-bond donors (Lipinski definition) is 0. The van der Waals surface area contributed by atoms with E-state index in [0.29, 0.717) is 17.5 Å². The SMILES string of the molecule is c1ccc(-c2nc(-c3ccccc3)nc(-c3ccc4oc5cccc(-c6ccc7ccc8ccccc8c7c6)c5c4c3)n2)cc1. The Bertz CT molecular complexity index is 2480. The first-order chi connectivity index (χ1) is 22.3. The topological polar surface area (TPSA) is 51.8 Å². The van der Waals surface area contributed by atoms with E-state index in [9.17, 15) is 0 Å². The Hall–Kier alpha value is -6.13. The number of aromatic nitrogens is 3. The van der Waals surface area contributed by atoms with E-state index in [1.54, 1.807) is 0 Å².